The molecule has 0 aromatic heterocycles. The minimum atomic E-state index is 0.0972. The van der Waals surface area contributed by atoms with Gasteiger partial charge in [-0.05, 0) is 12.8 Å². The van der Waals surface area contributed by atoms with Crippen molar-refractivity contribution in [1.29, 1.82) is 0 Å². The van der Waals surface area contributed by atoms with Crippen LogP contribution in [0.2, 0.25) is 0 Å². The molecular formula is C10H20NO. The summed E-state index contributed by atoms with van der Waals surface area (Å²) in [6.07, 6.45) is 0. The van der Waals surface area contributed by atoms with Gasteiger partial charge in [0.2, 0.25) is 5.91 Å². The Hall–Kier alpha value is -0.530. The van der Waals surface area contributed by atoms with Crippen molar-refractivity contribution in [2.75, 3.05) is 6.54 Å². The molecule has 0 saturated carbocycles. The molecule has 0 N–H and O–H groups in total. The van der Waals surface area contributed by atoms with Crippen LogP contribution in [0.5, 0.6) is 0 Å². The lowest BCUT2D eigenvalue weighted by Crippen LogP contribution is -2.34. The minimum Gasteiger partial charge on any atom is -0.337 e. The first-order chi connectivity index (χ1) is 5.49. The quantitative estimate of drug-likeness (QED) is 0.634. The van der Waals surface area contributed by atoms with Gasteiger partial charge in [0.25, 0.3) is 0 Å². The van der Waals surface area contributed by atoms with Gasteiger partial charge in [0.05, 0.1) is 0 Å². The summed E-state index contributed by atoms with van der Waals surface area (Å²) in [5.41, 5.74) is 0. The Kier molecular flexibility index (Phi) is 4.95. The highest BCUT2D eigenvalue weighted by Crippen LogP contribution is 2.06. The molecule has 0 rings (SSSR count). The molecule has 0 heterocycles. The van der Waals surface area contributed by atoms with Crippen molar-refractivity contribution < 1.29 is 4.79 Å². The van der Waals surface area contributed by atoms with Gasteiger partial charge in [0.1, 0.15) is 0 Å². The molecule has 0 atom stereocenters. The summed E-state index contributed by atoms with van der Waals surface area (Å²) in [6, 6.07) is 0. The molecule has 0 fully saturated rings. The number of hydrogen-bond donors (Lipinski definition) is 0. The number of nitrogens with zero attached hydrogens (tertiary/aromatic N) is 1. The van der Waals surface area contributed by atoms with Crippen LogP contribution in [0.15, 0.2) is 0 Å². The molecule has 12 heavy (non-hydrogen) atoms. The van der Waals surface area contributed by atoms with E-state index in [2.05, 4.69) is 13.8 Å². The lowest BCUT2D eigenvalue weighted by atomic mass is 10.1. The van der Waals surface area contributed by atoms with E-state index in [1.54, 1.807) is 4.90 Å². The van der Waals surface area contributed by atoms with Crippen LogP contribution < -0.4 is 0 Å². The molecule has 0 aromatic rings. The Morgan fingerprint density at radius 3 is 2.08 bits per heavy atom. The second-order valence-electron chi connectivity index (χ2n) is 3.80. The summed E-state index contributed by atoms with van der Waals surface area (Å²) in [5, 5.41) is 0. The number of carbonyl (C=O) groups is 1. The highest BCUT2D eigenvalue weighted by atomic mass is 16.2. The number of amides is 1. The van der Waals surface area contributed by atoms with E-state index in [1.807, 2.05) is 27.3 Å². The highest BCUT2D eigenvalue weighted by molar-refractivity contribution is 5.78. The number of hydrogen-bond acceptors (Lipinski definition) is 1. The van der Waals surface area contributed by atoms with Gasteiger partial charge in [-0.15, -0.1) is 0 Å². The van der Waals surface area contributed by atoms with Crippen LogP contribution in [0, 0.1) is 18.4 Å². The van der Waals surface area contributed by atoms with Gasteiger partial charge in [0, 0.05) is 19.0 Å². The number of carbonyl (C=O) groups excluding carboxylic acids is 1. The second kappa shape index (κ2) is 5.18. The second-order valence-corrected chi connectivity index (χ2v) is 3.80. The molecule has 71 valence electrons. The first-order valence-corrected chi connectivity index (χ1v) is 4.59. The van der Waals surface area contributed by atoms with E-state index >= 15 is 0 Å². The zero-order chi connectivity index (χ0) is 9.72. The van der Waals surface area contributed by atoms with Crippen molar-refractivity contribution in [3.05, 3.63) is 6.54 Å². The monoisotopic (exact) mass is 170 g/mol. The minimum absolute atomic E-state index is 0.0972. The summed E-state index contributed by atoms with van der Waals surface area (Å²) in [5.74, 6) is 0.843. The molecule has 1 radical (unpaired) electrons. The lowest BCUT2D eigenvalue weighted by molar-refractivity contribution is -0.133. The van der Waals surface area contributed by atoms with Crippen LogP contribution in [0.4, 0.5) is 0 Å². The van der Waals surface area contributed by atoms with Crippen LogP contribution in [0.1, 0.15) is 34.6 Å². The molecule has 0 bridgehead atoms. The third-order valence-electron chi connectivity index (χ3n) is 1.65. The van der Waals surface area contributed by atoms with Gasteiger partial charge in [-0.1, -0.05) is 27.7 Å². The maximum Gasteiger partial charge on any atom is 0.225 e. The highest BCUT2D eigenvalue weighted by Gasteiger charge is 2.15. The van der Waals surface area contributed by atoms with Gasteiger partial charge in [-0.3, -0.25) is 4.79 Å². The van der Waals surface area contributed by atoms with Gasteiger partial charge in [0.15, 0.2) is 0 Å². The molecule has 0 saturated heterocycles. The van der Waals surface area contributed by atoms with Crippen LogP contribution in [-0.4, -0.2) is 17.4 Å². The number of rotatable bonds is 4. The van der Waals surface area contributed by atoms with E-state index in [4.69, 9.17) is 0 Å². The molecule has 0 unspecified atom stereocenters. The van der Waals surface area contributed by atoms with Crippen molar-refractivity contribution >= 4 is 5.91 Å². The lowest BCUT2D eigenvalue weighted by Gasteiger charge is -2.24. The summed E-state index contributed by atoms with van der Waals surface area (Å²) >= 11 is 0. The Balaban J connectivity index is 4.06. The average molecular weight is 170 g/mol. The van der Waals surface area contributed by atoms with E-state index < -0.39 is 0 Å². The third kappa shape index (κ3) is 3.74. The maximum absolute atomic E-state index is 11.5. The Morgan fingerprint density at radius 1 is 1.33 bits per heavy atom. The Bertz CT molecular complexity index is 141. The summed E-state index contributed by atoms with van der Waals surface area (Å²) in [7, 11) is 0. The predicted molar refractivity (Wildman–Crippen MR) is 51.4 cm³/mol. The van der Waals surface area contributed by atoms with Gasteiger partial charge in [-0.25, -0.2) is 0 Å². The van der Waals surface area contributed by atoms with Crippen LogP contribution in [-0.2, 0) is 4.79 Å². The van der Waals surface area contributed by atoms with Crippen LogP contribution >= 0.6 is 0 Å². The van der Waals surface area contributed by atoms with Crippen molar-refractivity contribution in [3.63, 3.8) is 0 Å². The largest absolute Gasteiger partial charge is 0.337 e. The smallest absolute Gasteiger partial charge is 0.225 e. The molecule has 0 spiro atoms. The van der Waals surface area contributed by atoms with Crippen molar-refractivity contribution in [1.82, 2.24) is 4.90 Å². The van der Waals surface area contributed by atoms with E-state index in [9.17, 15) is 4.79 Å². The topological polar surface area (TPSA) is 20.3 Å². The van der Waals surface area contributed by atoms with E-state index in [0.29, 0.717) is 5.92 Å². The SMILES string of the molecule is C[CH]N(CC(C)C)C(=O)C(C)C. The first kappa shape index (κ1) is 11.5. The van der Waals surface area contributed by atoms with Crippen LogP contribution in [0.3, 0.4) is 0 Å². The fourth-order valence-electron chi connectivity index (χ4n) is 1.05. The van der Waals surface area contributed by atoms with E-state index in [0.717, 1.165) is 6.54 Å². The summed E-state index contributed by atoms with van der Waals surface area (Å²) < 4.78 is 0. The standard InChI is InChI=1S/C10H20NO/c1-6-11(7-8(2)3)10(12)9(4)5/h6,8-9H,7H2,1-5H3. The molecule has 0 aliphatic heterocycles. The molecule has 0 aliphatic carbocycles. The van der Waals surface area contributed by atoms with Crippen molar-refractivity contribution in [2.24, 2.45) is 11.8 Å². The predicted octanol–water partition coefficient (Wildman–Crippen LogP) is 2.31. The van der Waals surface area contributed by atoms with Gasteiger partial charge >= 0.3 is 0 Å². The molecule has 0 aromatic carbocycles. The molecule has 1 amide bonds. The zero-order valence-corrected chi connectivity index (χ0v) is 8.79. The van der Waals surface area contributed by atoms with E-state index in [-0.39, 0.29) is 11.8 Å². The summed E-state index contributed by atoms with van der Waals surface area (Å²) in [6.45, 7) is 12.7. The molecular weight excluding hydrogens is 150 g/mol. The maximum atomic E-state index is 11.5. The third-order valence-corrected chi connectivity index (χ3v) is 1.65. The van der Waals surface area contributed by atoms with Gasteiger partial charge < -0.3 is 4.90 Å². The first-order valence-electron chi connectivity index (χ1n) is 4.59. The van der Waals surface area contributed by atoms with E-state index in [1.165, 1.54) is 0 Å². The molecule has 2 heteroatoms. The average Bonchev–Trinajstić information content (AvgIpc) is 1.98. The zero-order valence-electron chi connectivity index (χ0n) is 8.79. The van der Waals surface area contributed by atoms with Crippen LogP contribution in [0.25, 0.3) is 0 Å². The normalized spacial score (nSPS) is 10.9. The molecule has 0 aliphatic rings. The van der Waals surface area contributed by atoms with Crippen molar-refractivity contribution in [3.8, 4) is 0 Å². The fourth-order valence-corrected chi connectivity index (χ4v) is 1.05. The summed E-state index contributed by atoms with van der Waals surface area (Å²) in [4.78, 5) is 13.3. The molecule has 2 nitrogen and oxygen atoms in total. The fraction of sp³-hybridized carbons (Fsp3) is 0.800. The van der Waals surface area contributed by atoms with Crippen molar-refractivity contribution in [2.45, 2.75) is 34.6 Å². The Morgan fingerprint density at radius 2 is 1.83 bits per heavy atom. The Labute approximate surface area is 75.9 Å². The van der Waals surface area contributed by atoms with Gasteiger partial charge in [-0.2, -0.15) is 0 Å².